The molecule has 2 N–H and O–H groups in total. The van der Waals surface area contributed by atoms with Gasteiger partial charge in [0.1, 0.15) is 5.69 Å². The van der Waals surface area contributed by atoms with Gasteiger partial charge in [0.15, 0.2) is 0 Å². The first-order chi connectivity index (χ1) is 10.4. The molecule has 1 unspecified atom stereocenters. The fourth-order valence-electron chi connectivity index (χ4n) is 3.37. The lowest BCUT2D eigenvalue weighted by atomic mass is 10.1. The molecule has 0 spiro atoms. The van der Waals surface area contributed by atoms with Crippen LogP contribution in [0.1, 0.15) is 49.8 Å². The molecule has 2 fully saturated rings. The Balaban J connectivity index is 1.57. The van der Waals surface area contributed by atoms with Crippen LogP contribution in [0.5, 0.6) is 0 Å². The highest BCUT2D eigenvalue weighted by molar-refractivity contribution is 5.93. The summed E-state index contributed by atoms with van der Waals surface area (Å²) in [5.41, 5.74) is 1.45. The average molecular weight is 304 g/mol. The fraction of sp³-hybridized carbons (Fsp3) is 0.688. The number of hydrogen-bond donors (Lipinski definition) is 2. The van der Waals surface area contributed by atoms with Crippen LogP contribution in [0.2, 0.25) is 0 Å². The van der Waals surface area contributed by atoms with Crippen LogP contribution < -0.4 is 5.32 Å². The van der Waals surface area contributed by atoms with Crippen molar-refractivity contribution in [2.75, 3.05) is 13.1 Å². The summed E-state index contributed by atoms with van der Waals surface area (Å²) in [6, 6.07) is 2.00. The first-order valence-electron chi connectivity index (χ1n) is 8.03. The first kappa shape index (κ1) is 15.1. The lowest BCUT2D eigenvalue weighted by molar-refractivity contribution is -0.123. The summed E-state index contributed by atoms with van der Waals surface area (Å²) < 4.78 is 0. The number of likely N-dealkylation sites (tertiary alicyclic amines) is 1. The van der Waals surface area contributed by atoms with E-state index in [-0.39, 0.29) is 23.8 Å². The zero-order chi connectivity index (χ0) is 16.0. The van der Waals surface area contributed by atoms with E-state index < -0.39 is 0 Å². The largest absolute Gasteiger partial charge is 0.354 e. The molecule has 1 aliphatic heterocycles. The van der Waals surface area contributed by atoms with E-state index in [0.717, 1.165) is 5.69 Å². The second kappa shape index (κ2) is 5.41. The smallest absolute Gasteiger partial charge is 0.274 e. The van der Waals surface area contributed by atoms with Crippen molar-refractivity contribution >= 4 is 11.8 Å². The third kappa shape index (κ3) is 2.62. The van der Waals surface area contributed by atoms with Gasteiger partial charge < -0.3 is 10.2 Å². The highest BCUT2D eigenvalue weighted by Crippen LogP contribution is 2.52. The van der Waals surface area contributed by atoms with Crippen molar-refractivity contribution in [3.63, 3.8) is 0 Å². The summed E-state index contributed by atoms with van der Waals surface area (Å²) in [4.78, 5) is 26.3. The predicted octanol–water partition coefficient (Wildman–Crippen LogP) is 1.38. The van der Waals surface area contributed by atoms with Gasteiger partial charge in [0.25, 0.3) is 5.91 Å². The van der Waals surface area contributed by atoms with E-state index in [1.807, 2.05) is 24.8 Å². The highest BCUT2D eigenvalue weighted by Gasteiger charge is 2.60. The third-order valence-electron chi connectivity index (χ3n) is 4.65. The molecular weight excluding hydrogens is 280 g/mol. The predicted molar refractivity (Wildman–Crippen MR) is 82.3 cm³/mol. The summed E-state index contributed by atoms with van der Waals surface area (Å²) in [6.45, 7) is 9.40. The van der Waals surface area contributed by atoms with Crippen molar-refractivity contribution < 1.29 is 9.59 Å². The molecule has 120 valence electrons. The Labute approximate surface area is 130 Å². The maximum atomic E-state index is 12.4. The van der Waals surface area contributed by atoms with E-state index in [2.05, 4.69) is 29.4 Å². The number of hydrogen-bond acceptors (Lipinski definition) is 3. The van der Waals surface area contributed by atoms with Crippen molar-refractivity contribution in [3.8, 4) is 0 Å². The maximum Gasteiger partial charge on any atom is 0.274 e. The monoisotopic (exact) mass is 304 g/mol. The van der Waals surface area contributed by atoms with Gasteiger partial charge >= 0.3 is 0 Å². The number of rotatable bonds is 4. The molecule has 22 heavy (non-hydrogen) atoms. The summed E-state index contributed by atoms with van der Waals surface area (Å²) in [5, 5.41) is 10.0. The molecule has 1 saturated heterocycles. The van der Waals surface area contributed by atoms with Crippen LogP contribution in [0.4, 0.5) is 0 Å². The third-order valence-corrected chi connectivity index (χ3v) is 4.65. The molecule has 2 amide bonds. The van der Waals surface area contributed by atoms with Gasteiger partial charge in [-0.25, -0.2) is 0 Å². The number of piperidine rings is 1. The standard InChI is InChI=1S/C16H24N4O2/c1-8(2)12-5-13(19-18-12)16(22)20-6-10-11(7-20)14(10)15(21)17-9(3)4/h5,8-11,14H,6-7H2,1-4H3,(H,17,21)(H,18,19)/t10-,11+,14?. The number of carbonyl (C=O) groups is 2. The van der Waals surface area contributed by atoms with Crippen LogP contribution in [-0.4, -0.2) is 46.0 Å². The van der Waals surface area contributed by atoms with Crippen LogP contribution >= 0.6 is 0 Å². The van der Waals surface area contributed by atoms with Gasteiger partial charge in [-0.3, -0.25) is 14.7 Å². The van der Waals surface area contributed by atoms with Crippen LogP contribution in [0, 0.1) is 17.8 Å². The molecule has 1 aliphatic carbocycles. The molecule has 0 aromatic carbocycles. The fourth-order valence-corrected chi connectivity index (χ4v) is 3.37. The number of nitrogens with zero attached hydrogens (tertiary/aromatic N) is 2. The lowest BCUT2D eigenvalue weighted by Gasteiger charge is -2.19. The van der Waals surface area contributed by atoms with E-state index in [4.69, 9.17) is 0 Å². The minimum atomic E-state index is -0.0293. The molecule has 3 rings (SSSR count). The molecule has 2 aliphatic rings. The zero-order valence-corrected chi connectivity index (χ0v) is 13.6. The van der Waals surface area contributed by atoms with Crippen LogP contribution in [0.3, 0.4) is 0 Å². The van der Waals surface area contributed by atoms with E-state index in [9.17, 15) is 9.59 Å². The van der Waals surface area contributed by atoms with Gasteiger partial charge in [-0.05, 0) is 37.7 Å². The summed E-state index contributed by atoms with van der Waals surface area (Å²) in [6.07, 6.45) is 0. The molecule has 6 nitrogen and oxygen atoms in total. The highest BCUT2D eigenvalue weighted by atomic mass is 16.2. The second-order valence-electron chi connectivity index (χ2n) is 7.09. The second-order valence-corrected chi connectivity index (χ2v) is 7.09. The lowest BCUT2D eigenvalue weighted by Crippen LogP contribution is -2.37. The topological polar surface area (TPSA) is 78.1 Å². The quantitative estimate of drug-likeness (QED) is 0.882. The first-order valence-corrected chi connectivity index (χ1v) is 8.03. The molecule has 6 heteroatoms. The van der Waals surface area contributed by atoms with Gasteiger partial charge in [-0.2, -0.15) is 5.10 Å². The number of fused-ring (bicyclic) bond motifs is 1. The minimum Gasteiger partial charge on any atom is -0.354 e. The SMILES string of the molecule is CC(C)NC(=O)C1[C@H]2CN(C(=O)c3cc(C(C)C)[nH]n3)C[C@@H]12. The Kier molecular flexibility index (Phi) is 3.70. The van der Waals surface area contributed by atoms with Crippen molar-refractivity contribution in [3.05, 3.63) is 17.5 Å². The molecule has 1 aromatic heterocycles. The van der Waals surface area contributed by atoms with Crippen LogP contribution in [-0.2, 0) is 4.79 Å². The Morgan fingerprint density at radius 1 is 1.27 bits per heavy atom. The van der Waals surface area contributed by atoms with Crippen molar-refractivity contribution in [1.82, 2.24) is 20.4 Å². The Bertz CT molecular complexity index is 581. The molecule has 0 radical (unpaired) electrons. The molecular formula is C16H24N4O2. The molecule has 2 heterocycles. The molecule has 1 aromatic rings. The Morgan fingerprint density at radius 3 is 2.41 bits per heavy atom. The van der Waals surface area contributed by atoms with Gasteiger partial charge in [0.05, 0.1) is 0 Å². The number of aromatic nitrogens is 2. The Morgan fingerprint density at radius 2 is 1.91 bits per heavy atom. The molecule has 3 atom stereocenters. The number of nitrogens with one attached hydrogen (secondary N) is 2. The minimum absolute atomic E-state index is 0.0293. The molecule has 0 bridgehead atoms. The van der Waals surface area contributed by atoms with Gasteiger partial charge in [0.2, 0.25) is 5.91 Å². The number of amides is 2. The van der Waals surface area contributed by atoms with E-state index in [1.54, 1.807) is 0 Å². The van der Waals surface area contributed by atoms with E-state index in [0.29, 0.717) is 36.5 Å². The van der Waals surface area contributed by atoms with E-state index in [1.165, 1.54) is 0 Å². The molecule has 1 saturated carbocycles. The van der Waals surface area contributed by atoms with Crippen molar-refractivity contribution in [2.45, 2.75) is 39.7 Å². The zero-order valence-electron chi connectivity index (χ0n) is 13.6. The summed E-state index contributed by atoms with van der Waals surface area (Å²) >= 11 is 0. The van der Waals surface area contributed by atoms with Gasteiger partial charge in [-0.15, -0.1) is 0 Å². The van der Waals surface area contributed by atoms with Crippen molar-refractivity contribution in [2.24, 2.45) is 17.8 Å². The van der Waals surface area contributed by atoms with Gasteiger partial charge in [-0.1, -0.05) is 13.8 Å². The number of carbonyl (C=O) groups excluding carboxylic acids is 2. The average Bonchev–Trinajstić information content (AvgIpc) is 2.85. The van der Waals surface area contributed by atoms with Gasteiger partial charge in [0, 0.05) is 30.7 Å². The Hall–Kier alpha value is -1.85. The van der Waals surface area contributed by atoms with E-state index >= 15 is 0 Å². The van der Waals surface area contributed by atoms with Crippen LogP contribution in [0.15, 0.2) is 6.07 Å². The van der Waals surface area contributed by atoms with Crippen molar-refractivity contribution in [1.29, 1.82) is 0 Å². The summed E-state index contributed by atoms with van der Waals surface area (Å²) in [5.74, 6) is 1.18. The normalized spacial score (nSPS) is 26.5. The number of aromatic amines is 1. The number of H-pyrrole nitrogens is 1. The summed E-state index contributed by atoms with van der Waals surface area (Å²) in [7, 11) is 0. The van der Waals surface area contributed by atoms with Crippen LogP contribution in [0.25, 0.3) is 0 Å². The maximum absolute atomic E-state index is 12.4.